The van der Waals surface area contributed by atoms with Crippen LogP contribution in [0, 0.1) is 10.1 Å². The van der Waals surface area contributed by atoms with Gasteiger partial charge in [0.1, 0.15) is 12.2 Å². The normalized spacial score (nSPS) is 11.8. The molecule has 1 heterocycles. The average Bonchev–Trinajstić information content (AvgIpc) is 3.15. The lowest BCUT2D eigenvalue weighted by molar-refractivity contribution is -0.385. The van der Waals surface area contributed by atoms with E-state index in [0.717, 1.165) is 6.07 Å². The minimum atomic E-state index is -0.887. The highest BCUT2D eigenvalue weighted by molar-refractivity contribution is 6.32. The van der Waals surface area contributed by atoms with E-state index < -0.39 is 16.6 Å². The van der Waals surface area contributed by atoms with Crippen LogP contribution in [0.15, 0.2) is 24.3 Å². The van der Waals surface area contributed by atoms with Crippen molar-refractivity contribution in [3.05, 3.63) is 50.5 Å². The maximum Gasteiger partial charge on any atom is 0.345 e. The molecule has 0 saturated carbocycles. The van der Waals surface area contributed by atoms with Crippen molar-refractivity contribution in [2.45, 2.75) is 13.5 Å². The predicted molar refractivity (Wildman–Crippen MR) is 97.5 cm³/mol. The molecular weight excluding hydrogens is 394 g/mol. The molecule has 0 N–H and O–H groups in total. The molecule has 0 saturated heterocycles. The molecule has 0 bridgehead atoms. The molecule has 3 rings (SSSR count). The molecule has 148 valence electrons. The third kappa shape index (κ3) is 3.89. The first-order chi connectivity index (χ1) is 13.4. The number of methoxy groups -OCH3 is 1. The Morgan fingerprint density at radius 1 is 1.25 bits per heavy atom. The number of nitro benzene ring substituents is 1. The van der Waals surface area contributed by atoms with E-state index in [-0.39, 0.29) is 37.1 Å². The zero-order chi connectivity index (χ0) is 20.3. The third-order valence-electron chi connectivity index (χ3n) is 3.86. The highest BCUT2D eigenvalue weighted by atomic mass is 35.5. The van der Waals surface area contributed by atoms with Gasteiger partial charge in [-0.1, -0.05) is 11.6 Å². The summed E-state index contributed by atoms with van der Waals surface area (Å²) in [5.74, 6) is 0.319. The molecule has 0 fully saturated rings. The summed E-state index contributed by atoms with van der Waals surface area (Å²) in [4.78, 5) is 23.2. The SMILES string of the molecule is CCOc1cc([N+](=O)[O-])c(C(=O)OCc2cc(Cl)c3c(c2)OCO3)cc1OC. The summed E-state index contributed by atoms with van der Waals surface area (Å²) in [6.45, 7) is 1.89. The fourth-order valence-electron chi connectivity index (χ4n) is 2.62. The first-order valence-electron chi connectivity index (χ1n) is 8.19. The van der Waals surface area contributed by atoms with E-state index in [4.69, 9.17) is 35.3 Å². The zero-order valence-electron chi connectivity index (χ0n) is 15.0. The molecule has 0 aliphatic carbocycles. The van der Waals surface area contributed by atoms with E-state index in [1.54, 1.807) is 19.1 Å². The number of hydrogen-bond acceptors (Lipinski definition) is 8. The molecule has 0 amide bonds. The minimum absolute atomic E-state index is 0.0520. The van der Waals surface area contributed by atoms with Gasteiger partial charge in [-0.3, -0.25) is 10.1 Å². The number of ether oxygens (including phenoxy) is 5. The average molecular weight is 410 g/mol. The lowest BCUT2D eigenvalue weighted by atomic mass is 10.1. The number of benzene rings is 2. The van der Waals surface area contributed by atoms with Crippen LogP contribution in [0.1, 0.15) is 22.8 Å². The lowest BCUT2D eigenvalue weighted by Gasteiger charge is -2.12. The van der Waals surface area contributed by atoms with E-state index in [9.17, 15) is 14.9 Å². The van der Waals surface area contributed by atoms with Crippen LogP contribution in [0.4, 0.5) is 5.69 Å². The standard InChI is InChI=1S/C18H16ClNO8/c1-3-25-15-7-13(20(22)23)11(6-14(15)24-2)18(21)26-8-10-4-12(19)17-16(5-10)27-9-28-17/h4-7H,3,8-9H2,1-2H3. The summed E-state index contributed by atoms with van der Waals surface area (Å²) in [6.07, 6.45) is 0. The molecule has 0 atom stereocenters. The Hall–Kier alpha value is -3.20. The van der Waals surface area contributed by atoms with Gasteiger partial charge < -0.3 is 23.7 Å². The Kier molecular flexibility index (Phi) is 5.74. The number of halogens is 1. The van der Waals surface area contributed by atoms with Crippen LogP contribution in [-0.2, 0) is 11.3 Å². The fourth-order valence-corrected chi connectivity index (χ4v) is 2.91. The molecule has 9 nitrogen and oxygen atoms in total. The first-order valence-corrected chi connectivity index (χ1v) is 8.56. The lowest BCUT2D eigenvalue weighted by Crippen LogP contribution is -2.09. The van der Waals surface area contributed by atoms with E-state index in [0.29, 0.717) is 22.1 Å². The van der Waals surface area contributed by atoms with Crippen LogP contribution in [0.3, 0.4) is 0 Å². The molecule has 28 heavy (non-hydrogen) atoms. The summed E-state index contributed by atoms with van der Waals surface area (Å²) >= 11 is 6.10. The number of fused-ring (bicyclic) bond motifs is 1. The Balaban J connectivity index is 1.84. The number of rotatable bonds is 7. The molecule has 10 heteroatoms. The quantitative estimate of drug-likeness (QED) is 0.386. The number of carbonyl (C=O) groups excluding carboxylic acids is 1. The van der Waals surface area contributed by atoms with Gasteiger partial charge in [0.25, 0.3) is 5.69 Å². The minimum Gasteiger partial charge on any atom is -0.493 e. The van der Waals surface area contributed by atoms with E-state index >= 15 is 0 Å². The maximum atomic E-state index is 12.5. The second-order valence-electron chi connectivity index (χ2n) is 5.60. The number of nitro groups is 1. The van der Waals surface area contributed by atoms with E-state index in [1.807, 2.05) is 0 Å². The van der Waals surface area contributed by atoms with Crippen molar-refractivity contribution in [3.63, 3.8) is 0 Å². The second-order valence-corrected chi connectivity index (χ2v) is 6.01. The van der Waals surface area contributed by atoms with Gasteiger partial charge in [-0.15, -0.1) is 0 Å². The number of esters is 1. The zero-order valence-corrected chi connectivity index (χ0v) is 15.8. The van der Waals surface area contributed by atoms with Crippen molar-refractivity contribution in [1.29, 1.82) is 0 Å². The maximum absolute atomic E-state index is 12.5. The Morgan fingerprint density at radius 2 is 2.04 bits per heavy atom. The van der Waals surface area contributed by atoms with Crippen molar-refractivity contribution in [1.82, 2.24) is 0 Å². The van der Waals surface area contributed by atoms with Crippen molar-refractivity contribution < 1.29 is 33.4 Å². The summed E-state index contributed by atoms with van der Waals surface area (Å²) in [6, 6.07) is 5.54. The fraction of sp³-hybridized carbons (Fsp3) is 0.278. The summed E-state index contributed by atoms with van der Waals surface area (Å²) < 4.78 is 26.2. The Morgan fingerprint density at radius 3 is 2.71 bits per heavy atom. The predicted octanol–water partition coefficient (Wildman–Crippen LogP) is 3.74. The molecular formula is C18H16ClNO8. The highest BCUT2D eigenvalue weighted by Crippen LogP contribution is 2.40. The highest BCUT2D eigenvalue weighted by Gasteiger charge is 2.26. The van der Waals surface area contributed by atoms with Gasteiger partial charge in [0.05, 0.1) is 29.7 Å². The summed E-state index contributed by atoms with van der Waals surface area (Å²) in [5.41, 5.74) is -0.154. The molecule has 2 aromatic rings. The summed E-state index contributed by atoms with van der Waals surface area (Å²) in [5, 5.41) is 11.7. The van der Waals surface area contributed by atoms with E-state index in [2.05, 4.69) is 0 Å². The van der Waals surface area contributed by atoms with Crippen LogP contribution in [0.2, 0.25) is 5.02 Å². The first kappa shape index (κ1) is 19.6. The van der Waals surface area contributed by atoms with Crippen LogP contribution in [-0.4, -0.2) is 31.4 Å². The van der Waals surface area contributed by atoms with Crippen molar-refractivity contribution in [2.24, 2.45) is 0 Å². The van der Waals surface area contributed by atoms with Crippen molar-refractivity contribution in [3.8, 4) is 23.0 Å². The molecule has 1 aliphatic rings. The van der Waals surface area contributed by atoms with Gasteiger partial charge in [-0.25, -0.2) is 4.79 Å². The number of hydrogen-bond donors (Lipinski definition) is 0. The Bertz CT molecular complexity index is 930. The van der Waals surface area contributed by atoms with Gasteiger partial charge >= 0.3 is 5.97 Å². The monoisotopic (exact) mass is 409 g/mol. The smallest absolute Gasteiger partial charge is 0.345 e. The van der Waals surface area contributed by atoms with Gasteiger partial charge in [0.2, 0.25) is 6.79 Å². The van der Waals surface area contributed by atoms with Crippen LogP contribution < -0.4 is 18.9 Å². The molecule has 0 unspecified atom stereocenters. The van der Waals surface area contributed by atoms with Crippen molar-refractivity contribution in [2.75, 3.05) is 20.5 Å². The molecule has 1 aliphatic heterocycles. The molecule has 0 aromatic heterocycles. The largest absolute Gasteiger partial charge is 0.493 e. The van der Waals surface area contributed by atoms with Gasteiger partial charge in [-0.2, -0.15) is 0 Å². The van der Waals surface area contributed by atoms with Gasteiger partial charge in [0.15, 0.2) is 23.0 Å². The number of carbonyl (C=O) groups is 1. The van der Waals surface area contributed by atoms with Crippen LogP contribution in [0.5, 0.6) is 23.0 Å². The second kappa shape index (κ2) is 8.22. The van der Waals surface area contributed by atoms with Gasteiger partial charge in [-0.05, 0) is 24.6 Å². The van der Waals surface area contributed by atoms with Gasteiger partial charge in [0, 0.05) is 6.07 Å². The van der Waals surface area contributed by atoms with E-state index in [1.165, 1.54) is 13.2 Å². The Labute approximate surface area is 164 Å². The molecule has 0 radical (unpaired) electrons. The third-order valence-corrected chi connectivity index (χ3v) is 4.14. The molecule has 2 aromatic carbocycles. The van der Waals surface area contributed by atoms with Crippen LogP contribution in [0.25, 0.3) is 0 Å². The number of nitrogens with zero attached hydrogens (tertiary/aromatic N) is 1. The van der Waals surface area contributed by atoms with Crippen LogP contribution >= 0.6 is 11.6 Å². The van der Waals surface area contributed by atoms with Crippen molar-refractivity contribution >= 4 is 23.3 Å². The summed E-state index contributed by atoms with van der Waals surface area (Å²) in [7, 11) is 1.37. The topological polar surface area (TPSA) is 106 Å². The molecule has 0 spiro atoms.